The quantitative estimate of drug-likeness (QED) is 0.717. The Morgan fingerprint density at radius 3 is 2.38 bits per heavy atom. The first-order valence-corrected chi connectivity index (χ1v) is 9.71. The monoisotopic (exact) mass is 389 g/mol. The molecule has 0 radical (unpaired) electrons. The fourth-order valence-corrected chi connectivity index (χ4v) is 3.55. The fraction of sp³-hybridized carbons (Fsp3) is 0.261. The molecule has 0 unspecified atom stereocenters. The molecule has 0 atom stereocenters. The van der Waals surface area contributed by atoms with Gasteiger partial charge in [-0.25, -0.2) is 9.97 Å². The first kappa shape index (κ1) is 19.1. The van der Waals surface area contributed by atoms with Crippen LogP contribution in [0, 0.1) is 6.92 Å². The summed E-state index contributed by atoms with van der Waals surface area (Å²) in [7, 11) is 0. The van der Waals surface area contributed by atoms with Gasteiger partial charge in [-0.2, -0.15) is 0 Å². The third-order valence-corrected chi connectivity index (χ3v) is 5.32. The summed E-state index contributed by atoms with van der Waals surface area (Å²) in [6, 6.07) is 14.7. The lowest BCUT2D eigenvalue weighted by atomic mass is 10.0. The summed E-state index contributed by atoms with van der Waals surface area (Å²) in [5.41, 5.74) is 4.60. The number of carbonyl (C=O) groups is 1. The van der Waals surface area contributed by atoms with Gasteiger partial charge in [0.1, 0.15) is 12.1 Å². The van der Waals surface area contributed by atoms with Crippen LogP contribution in [0.4, 0.5) is 0 Å². The standard InChI is InChI=1S/C23H23N3O3/c1-15-11-17(5-6-22(15)28)21-13-20(24-14-25-21)16-3-2-4-18(12-16)23(29)26-9-7-19(27)8-10-26/h2-6,11-14,19,27-28H,7-10H2,1H3. The van der Waals surface area contributed by atoms with E-state index in [9.17, 15) is 15.0 Å². The second-order valence-corrected chi connectivity index (χ2v) is 7.39. The third-order valence-electron chi connectivity index (χ3n) is 5.32. The van der Waals surface area contributed by atoms with Crippen molar-refractivity contribution in [2.45, 2.75) is 25.9 Å². The highest BCUT2D eigenvalue weighted by atomic mass is 16.3. The van der Waals surface area contributed by atoms with E-state index < -0.39 is 0 Å². The van der Waals surface area contributed by atoms with E-state index in [1.54, 1.807) is 11.0 Å². The molecule has 148 valence electrons. The van der Waals surface area contributed by atoms with Crippen molar-refractivity contribution in [2.24, 2.45) is 0 Å². The van der Waals surface area contributed by atoms with Crippen LogP contribution in [0.2, 0.25) is 0 Å². The number of aliphatic hydroxyl groups excluding tert-OH is 1. The molecule has 3 aromatic rings. The fourth-order valence-electron chi connectivity index (χ4n) is 3.55. The molecule has 1 fully saturated rings. The van der Waals surface area contributed by atoms with Crippen molar-refractivity contribution >= 4 is 5.91 Å². The zero-order valence-electron chi connectivity index (χ0n) is 16.2. The number of aliphatic hydroxyl groups is 1. The summed E-state index contributed by atoms with van der Waals surface area (Å²) in [5.74, 6) is 0.224. The maximum atomic E-state index is 12.8. The molecule has 29 heavy (non-hydrogen) atoms. The van der Waals surface area contributed by atoms with Crippen molar-refractivity contribution in [2.75, 3.05) is 13.1 Å². The maximum Gasteiger partial charge on any atom is 0.253 e. The van der Waals surface area contributed by atoms with E-state index in [1.807, 2.05) is 49.4 Å². The van der Waals surface area contributed by atoms with Gasteiger partial charge >= 0.3 is 0 Å². The van der Waals surface area contributed by atoms with Gasteiger partial charge in [0.25, 0.3) is 5.91 Å². The maximum absolute atomic E-state index is 12.8. The molecule has 1 aliphatic heterocycles. The van der Waals surface area contributed by atoms with E-state index in [0.717, 1.165) is 28.1 Å². The number of phenolic OH excluding ortho intramolecular Hbond substituents is 1. The van der Waals surface area contributed by atoms with E-state index in [0.29, 0.717) is 31.5 Å². The summed E-state index contributed by atoms with van der Waals surface area (Å²) >= 11 is 0. The molecule has 1 saturated heterocycles. The minimum Gasteiger partial charge on any atom is -0.508 e. The average Bonchev–Trinajstić information content (AvgIpc) is 2.76. The van der Waals surface area contributed by atoms with Gasteiger partial charge in [0.15, 0.2) is 0 Å². The Labute approximate surface area is 169 Å². The zero-order chi connectivity index (χ0) is 20.4. The number of amides is 1. The predicted octanol–water partition coefficient (Wildman–Crippen LogP) is 3.42. The van der Waals surface area contributed by atoms with Crippen molar-refractivity contribution in [3.63, 3.8) is 0 Å². The van der Waals surface area contributed by atoms with Crippen LogP contribution in [0.5, 0.6) is 5.75 Å². The van der Waals surface area contributed by atoms with Crippen LogP contribution in [0.1, 0.15) is 28.8 Å². The summed E-state index contributed by atoms with van der Waals surface area (Å²) in [4.78, 5) is 23.4. The molecule has 6 nitrogen and oxygen atoms in total. The van der Waals surface area contributed by atoms with Gasteiger partial charge in [0.05, 0.1) is 17.5 Å². The van der Waals surface area contributed by atoms with E-state index in [1.165, 1.54) is 6.33 Å². The molecular formula is C23H23N3O3. The minimum absolute atomic E-state index is 0.0258. The Kier molecular flexibility index (Phi) is 5.27. The summed E-state index contributed by atoms with van der Waals surface area (Å²) in [5, 5.41) is 19.4. The van der Waals surface area contributed by atoms with Crippen LogP contribution in [0.25, 0.3) is 22.5 Å². The number of hydrogen-bond donors (Lipinski definition) is 2. The number of likely N-dealkylation sites (tertiary alicyclic amines) is 1. The molecule has 1 aromatic heterocycles. The third kappa shape index (κ3) is 4.12. The van der Waals surface area contributed by atoms with Crippen LogP contribution in [0.3, 0.4) is 0 Å². The highest BCUT2D eigenvalue weighted by Gasteiger charge is 2.22. The van der Waals surface area contributed by atoms with Gasteiger partial charge in [-0.05, 0) is 61.7 Å². The summed E-state index contributed by atoms with van der Waals surface area (Å²) < 4.78 is 0. The van der Waals surface area contributed by atoms with Crippen LogP contribution in [-0.2, 0) is 0 Å². The second kappa shape index (κ2) is 8.01. The van der Waals surface area contributed by atoms with Gasteiger partial charge in [-0.1, -0.05) is 12.1 Å². The van der Waals surface area contributed by atoms with E-state index in [2.05, 4.69) is 9.97 Å². The van der Waals surface area contributed by atoms with Gasteiger partial charge in [-0.15, -0.1) is 0 Å². The smallest absolute Gasteiger partial charge is 0.253 e. The highest BCUT2D eigenvalue weighted by molar-refractivity contribution is 5.95. The normalized spacial score (nSPS) is 14.8. The summed E-state index contributed by atoms with van der Waals surface area (Å²) in [6.07, 6.45) is 2.43. The van der Waals surface area contributed by atoms with E-state index in [-0.39, 0.29) is 17.8 Å². The molecule has 1 aliphatic rings. The van der Waals surface area contributed by atoms with Gasteiger partial charge in [-0.3, -0.25) is 4.79 Å². The first-order chi connectivity index (χ1) is 14.0. The largest absolute Gasteiger partial charge is 0.508 e. The molecule has 0 spiro atoms. The molecule has 0 bridgehead atoms. The Hall–Kier alpha value is -3.25. The highest BCUT2D eigenvalue weighted by Crippen LogP contribution is 2.27. The number of benzene rings is 2. The molecule has 6 heteroatoms. The summed E-state index contributed by atoms with van der Waals surface area (Å²) in [6.45, 7) is 2.99. The van der Waals surface area contributed by atoms with Crippen molar-refractivity contribution < 1.29 is 15.0 Å². The Morgan fingerprint density at radius 1 is 1.00 bits per heavy atom. The lowest BCUT2D eigenvalue weighted by Crippen LogP contribution is -2.40. The lowest BCUT2D eigenvalue weighted by molar-refractivity contribution is 0.0546. The van der Waals surface area contributed by atoms with Crippen molar-refractivity contribution in [1.29, 1.82) is 0 Å². The Bertz CT molecular complexity index is 1040. The van der Waals surface area contributed by atoms with Gasteiger partial charge in [0.2, 0.25) is 0 Å². The number of rotatable bonds is 3. The molecule has 2 aromatic carbocycles. The predicted molar refractivity (Wildman–Crippen MR) is 110 cm³/mol. The van der Waals surface area contributed by atoms with Gasteiger partial charge < -0.3 is 15.1 Å². The topological polar surface area (TPSA) is 86.6 Å². The Balaban J connectivity index is 1.61. The number of piperidine rings is 1. The second-order valence-electron chi connectivity index (χ2n) is 7.39. The van der Waals surface area contributed by atoms with Crippen LogP contribution in [0.15, 0.2) is 54.9 Å². The molecule has 0 aliphatic carbocycles. The number of aromatic nitrogens is 2. The van der Waals surface area contributed by atoms with Crippen molar-refractivity contribution in [3.8, 4) is 28.3 Å². The molecule has 2 N–H and O–H groups in total. The molecule has 2 heterocycles. The number of hydrogen-bond acceptors (Lipinski definition) is 5. The van der Waals surface area contributed by atoms with Crippen molar-refractivity contribution in [1.82, 2.24) is 14.9 Å². The van der Waals surface area contributed by atoms with Crippen LogP contribution < -0.4 is 0 Å². The van der Waals surface area contributed by atoms with Gasteiger partial charge in [0, 0.05) is 29.8 Å². The molecular weight excluding hydrogens is 366 g/mol. The number of aryl methyl sites for hydroxylation is 1. The molecule has 1 amide bonds. The van der Waals surface area contributed by atoms with Crippen LogP contribution in [-0.4, -0.2) is 50.2 Å². The minimum atomic E-state index is -0.312. The zero-order valence-corrected chi connectivity index (χ0v) is 16.2. The van der Waals surface area contributed by atoms with E-state index in [4.69, 9.17) is 0 Å². The number of carbonyl (C=O) groups excluding carboxylic acids is 1. The average molecular weight is 389 g/mol. The van der Waals surface area contributed by atoms with Crippen LogP contribution >= 0.6 is 0 Å². The van der Waals surface area contributed by atoms with E-state index >= 15 is 0 Å². The molecule has 0 saturated carbocycles. The Morgan fingerprint density at radius 2 is 1.69 bits per heavy atom. The number of nitrogens with zero attached hydrogens (tertiary/aromatic N) is 3. The number of aromatic hydroxyl groups is 1. The number of phenols is 1. The molecule has 4 rings (SSSR count). The first-order valence-electron chi connectivity index (χ1n) is 9.71. The SMILES string of the molecule is Cc1cc(-c2cc(-c3cccc(C(=O)N4CCC(O)CC4)c3)ncn2)ccc1O. The lowest BCUT2D eigenvalue weighted by Gasteiger charge is -2.29. The van der Waals surface area contributed by atoms with Crippen molar-refractivity contribution in [3.05, 3.63) is 66.0 Å².